The molecule has 116 valence electrons. The molecular weight excluding hydrogens is 280 g/mol. The lowest BCUT2D eigenvalue weighted by atomic mass is 10.1. The van der Waals surface area contributed by atoms with E-state index in [1.54, 1.807) is 6.92 Å². The molecule has 0 fully saturated rings. The van der Waals surface area contributed by atoms with Crippen molar-refractivity contribution in [1.29, 1.82) is 0 Å². The summed E-state index contributed by atoms with van der Waals surface area (Å²) in [5.41, 5.74) is 0.0454. The summed E-state index contributed by atoms with van der Waals surface area (Å²) in [6.45, 7) is 1.72. The van der Waals surface area contributed by atoms with E-state index in [9.17, 15) is 14.9 Å². The fraction of sp³-hybridized carbons (Fsp3) is 0.462. The average molecular weight is 298 g/mol. The van der Waals surface area contributed by atoms with Crippen LogP contribution < -0.4 is 10.1 Å². The number of benzene rings is 1. The maximum atomic E-state index is 12.2. The molecule has 1 rings (SSSR count). The summed E-state index contributed by atoms with van der Waals surface area (Å²) in [5.74, 6) is -0.311. The van der Waals surface area contributed by atoms with Gasteiger partial charge in [-0.2, -0.15) is 0 Å². The number of hydrogen-bond acceptors (Lipinski definition) is 6. The molecule has 1 aromatic rings. The van der Waals surface area contributed by atoms with Crippen LogP contribution in [0.15, 0.2) is 18.2 Å². The number of amides is 1. The Morgan fingerprint density at radius 3 is 2.38 bits per heavy atom. The molecule has 8 heteroatoms. The largest absolute Gasteiger partial charge is 0.496 e. The van der Waals surface area contributed by atoms with Gasteiger partial charge in [0, 0.05) is 20.3 Å². The number of nitrogens with zero attached hydrogens (tertiary/aromatic N) is 1. The van der Waals surface area contributed by atoms with E-state index in [0.29, 0.717) is 0 Å². The smallest absolute Gasteiger partial charge is 0.273 e. The summed E-state index contributed by atoms with van der Waals surface area (Å²) in [6, 6.07) is 3.37. The summed E-state index contributed by atoms with van der Waals surface area (Å²) in [4.78, 5) is 22.3. The molecule has 0 aromatic heterocycles. The van der Waals surface area contributed by atoms with Gasteiger partial charge in [-0.25, -0.2) is 0 Å². The summed E-state index contributed by atoms with van der Waals surface area (Å²) in [6.07, 6.45) is -0.599. The van der Waals surface area contributed by atoms with Crippen molar-refractivity contribution in [2.75, 3.05) is 21.3 Å². The van der Waals surface area contributed by atoms with Crippen molar-refractivity contribution in [1.82, 2.24) is 5.32 Å². The Morgan fingerprint density at radius 1 is 1.29 bits per heavy atom. The molecule has 1 amide bonds. The number of nitro groups is 1. The fourth-order valence-corrected chi connectivity index (χ4v) is 1.84. The molecule has 0 bridgehead atoms. The minimum absolute atomic E-state index is 0.125. The molecule has 1 N–H and O–H groups in total. The molecule has 8 nitrogen and oxygen atoms in total. The molecular formula is C13H18N2O6. The summed E-state index contributed by atoms with van der Waals surface area (Å²) in [5, 5.41) is 13.4. The first kappa shape index (κ1) is 16.9. The van der Waals surface area contributed by atoms with Crippen LogP contribution in [0.5, 0.6) is 5.75 Å². The molecule has 0 aliphatic heterocycles. The van der Waals surface area contributed by atoms with Gasteiger partial charge in [0.05, 0.1) is 29.7 Å². The summed E-state index contributed by atoms with van der Waals surface area (Å²) >= 11 is 0. The quantitative estimate of drug-likeness (QED) is 0.463. The number of nitrogens with one attached hydrogen (secondary N) is 1. The standard InChI is InChI=1S/C13H18N2O6/c1-8(13(20-3)21-4)14-12(16)10-6-5-9(15(17)18)7-11(10)19-2/h5-8,13H,1-4H3,(H,14,16). The van der Waals surface area contributed by atoms with E-state index < -0.39 is 23.2 Å². The van der Waals surface area contributed by atoms with Crippen LogP contribution in [-0.2, 0) is 9.47 Å². The molecule has 0 radical (unpaired) electrons. The van der Waals surface area contributed by atoms with E-state index in [2.05, 4.69) is 5.32 Å². The topological polar surface area (TPSA) is 99.9 Å². The first-order chi connectivity index (χ1) is 9.94. The van der Waals surface area contributed by atoms with Crippen molar-refractivity contribution >= 4 is 11.6 Å². The monoisotopic (exact) mass is 298 g/mol. The van der Waals surface area contributed by atoms with Crippen LogP contribution in [0.2, 0.25) is 0 Å². The Kier molecular flexibility index (Phi) is 6.07. The van der Waals surface area contributed by atoms with Gasteiger partial charge in [-0.05, 0) is 13.0 Å². The summed E-state index contributed by atoms with van der Waals surface area (Å²) < 4.78 is 15.1. The van der Waals surface area contributed by atoms with Crippen molar-refractivity contribution in [2.24, 2.45) is 0 Å². The van der Waals surface area contributed by atoms with Gasteiger partial charge >= 0.3 is 0 Å². The average Bonchev–Trinajstić information content (AvgIpc) is 2.47. The van der Waals surface area contributed by atoms with E-state index in [4.69, 9.17) is 14.2 Å². The van der Waals surface area contributed by atoms with Gasteiger partial charge in [-0.15, -0.1) is 0 Å². The number of ether oxygens (including phenoxy) is 3. The molecule has 0 spiro atoms. The molecule has 0 heterocycles. The maximum Gasteiger partial charge on any atom is 0.273 e. The highest BCUT2D eigenvalue weighted by Crippen LogP contribution is 2.24. The first-order valence-electron chi connectivity index (χ1n) is 6.13. The van der Waals surface area contributed by atoms with Gasteiger partial charge in [0.2, 0.25) is 0 Å². The molecule has 1 atom stereocenters. The number of carbonyl (C=O) groups is 1. The molecule has 0 aliphatic rings. The minimum Gasteiger partial charge on any atom is -0.496 e. The van der Waals surface area contributed by atoms with Gasteiger partial charge < -0.3 is 19.5 Å². The van der Waals surface area contributed by atoms with Crippen LogP contribution in [0.1, 0.15) is 17.3 Å². The van der Waals surface area contributed by atoms with Crippen molar-refractivity contribution in [3.05, 3.63) is 33.9 Å². The number of nitro benzene ring substituents is 1. The van der Waals surface area contributed by atoms with Gasteiger partial charge in [0.15, 0.2) is 6.29 Å². The molecule has 1 aromatic carbocycles. The zero-order valence-corrected chi connectivity index (χ0v) is 12.3. The maximum absolute atomic E-state index is 12.2. The lowest BCUT2D eigenvalue weighted by Gasteiger charge is -2.22. The Balaban J connectivity index is 2.94. The van der Waals surface area contributed by atoms with E-state index in [0.717, 1.165) is 0 Å². The highest BCUT2D eigenvalue weighted by atomic mass is 16.7. The van der Waals surface area contributed by atoms with E-state index in [1.165, 1.54) is 39.5 Å². The van der Waals surface area contributed by atoms with Gasteiger partial charge in [0.25, 0.3) is 11.6 Å². The lowest BCUT2D eigenvalue weighted by Crippen LogP contribution is -2.43. The van der Waals surface area contributed by atoms with E-state index in [-0.39, 0.29) is 17.0 Å². The van der Waals surface area contributed by atoms with Crippen LogP contribution >= 0.6 is 0 Å². The Morgan fingerprint density at radius 2 is 1.90 bits per heavy atom. The fourth-order valence-electron chi connectivity index (χ4n) is 1.84. The molecule has 0 aliphatic carbocycles. The number of hydrogen-bond donors (Lipinski definition) is 1. The molecule has 21 heavy (non-hydrogen) atoms. The van der Waals surface area contributed by atoms with E-state index >= 15 is 0 Å². The van der Waals surface area contributed by atoms with Gasteiger partial charge in [0.1, 0.15) is 5.75 Å². The lowest BCUT2D eigenvalue weighted by molar-refractivity contribution is -0.384. The molecule has 0 saturated heterocycles. The van der Waals surface area contributed by atoms with Crippen molar-refractivity contribution in [2.45, 2.75) is 19.3 Å². The highest BCUT2D eigenvalue weighted by Gasteiger charge is 2.22. The summed E-state index contributed by atoms with van der Waals surface area (Å²) in [7, 11) is 4.26. The second-order valence-electron chi connectivity index (χ2n) is 4.24. The van der Waals surface area contributed by atoms with Crippen LogP contribution in [0.4, 0.5) is 5.69 Å². The Hall–Kier alpha value is -2.19. The zero-order valence-electron chi connectivity index (χ0n) is 12.3. The second kappa shape index (κ2) is 7.55. The number of rotatable bonds is 7. The predicted octanol–water partition coefficient (Wildman–Crippen LogP) is 1.34. The molecule has 1 unspecified atom stereocenters. The van der Waals surface area contributed by atoms with Gasteiger partial charge in [-0.3, -0.25) is 14.9 Å². The number of carbonyl (C=O) groups excluding carboxylic acids is 1. The third-order valence-corrected chi connectivity index (χ3v) is 2.87. The van der Waals surface area contributed by atoms with Crippen LogP contribution in [0, 0.1) is 10.1 Å². The van der Waals surface area contributed by atoms with Crippen molar-refractivity contribution < 1.29 is 23.9 Å². The van der Waals surface area contributed by atoms with Crippen LogP contribution in [-0.4, -0.2) is 44.5 Å². The first-order valence-corrected chi connectivity index (χ1v) is 6.13. The van der Waals surface area contributed by atoms with Crippen LogP contribution in [0.25, 0.3) is 0 Å². The number of methoxy groups -OCH3 is 3. The Labute approximate surface area is 122 Å². The van der Waals surface area contributed by atoms with Crippen molar-refractivity contribution in [3.8, 4) is 5.75 Å². The SMILES string of the molecule is COc1cc([N+](=O)[O-])ccc1C(=O)NC(C)C(OC)OC. The third-order valence-electron chi connectivity index (χ3n) is 2.87. The minimum atomic E-state index is -0.599. The normalized spacial score (nSPS) is 12.0. The predicted molar refractivity (Wildman–Crippen MR) is 74.4 cm³/mol. The third kappa shape index (κ3) is 4.14. The van der Waals surface area contributed by atoms with Crippen molar-refractivity contribution in [3.63, 3.8) is 0 Å². The van der Waals surface area contributed by atoms with Crippen LogP contribution in [0.3, 0.4) is 0 Å². The van der Waals surface area contributed by atoms with E-state index in [1.807, 2.05) is 0 Å². The highest BCUT2D eigenvalue weighted by molar-refractivity contribution is 5.97. The van der Waals surface area contributed by atoms with Gasteiger partial charge in [-0.1, -0.05) is 0 Å². The zero-order chi connectivity index (χ0) is 16.0. The molecule has 0 saturated carbocycles. The number of non-ortho nitro benzene ring substituents is 1. The second-order valence-corrected chi connectivity index (χ2v) is 4.24. The Bertz CT molecular complexity index is 515.